The minimum absolute atomic E-state index is 0.169. The highest BCUT2D eigenvalue weighted by Gasteiger charge is 1.83. The Morgan fingerprint density at radius 1 is 2.00 bits per heavy atom. The second-order valence-corrected chi connectivity index (χ2v) is 3.11. The lowest BCUT2D eigenvalue weighted by Crippen LogP contribution is -2.05. The molecular formula is C2H6BrNS. The van der Waals surface area contributed by atoms with Crippen LogP contribution in [0.4, 0.5) is 0 Å². The van der Waals surface area contributed by atoms with Crippen molar-refractivity contribution in [3.63, 3.8) is 0 Å². The number of hydrogen-bond acceptors (Lipinski definition) is 2. The highest BCUT2D eigenvalue weighted by Crippen LogP contribution is 1.98. The Morgan fingerprint density at radius 2 is 2.20 bits per heavy atom. The summed E-state index contributed by atoms with van der Waals surface area (Å²) in [6.45, 7) is 0.586. The number of thiol groups is 1. The molecule has 0 heterocycles. The van der Waals surface area contributed by atoms with Crippen LogP contribution in [0.5, 0.6) is 0 Å². The lowest BCUT2D eigenvalue weighted by molar-refractivity contribution is 1.12. The summed E-state index contributed by atoms with van der Waals surface area (Å²) < 4.78 is 0.169. The van der Waals surface area contributed by atoms with E-state index in [-0.39, 0.29) is 4.16 Å². The molecule has 0 radical (unpaired) electrons. The molecule has 0 amide bonds. The second kappa shape index (κ2) is 3.00. The van der Waals surface area contributed by atoms with Gasteiger partial charge in [0.25, 0.3) is 0 Å². The van der Waals surface area contributed by atoms with E-state index in [1.165, 1.54) is 0 Å². The molecule has 0 rings (SSSR count). The first-order valence-corrected chi connectivity index (χ1v) is 2.72. The molecule has 32 valence electrons. The first kappa shape index (κ1) is 5.79. The summed E-state index contributed by atoms with van der Waals surface area (Å²) in [6.07, 6.45) is 0. The van der Waals surface area contributed by atoms with Crippen LogP contribution in [-0.2, 0) is 0 Å². The van der Waals surface area contributed by atoms with Crippen LogP contribution in [0.2, 0.25) is 0 Å². The summed E-state index contributed by atoms with van der Waals surface area (Å²) in [4.78, 5) is 0. The maximum Gasteiger partial charge on any atom is 0.0692 e. The smallest absolute Gasteiger partial charge is 0.0692 e. The highest BCUT2D eigenvalue weighted by molar-refractivity contribution is 9.11. The van der Waals surface area contributed by atoms with Crippen molar-refractivity contribution in [3.8, 4) is 0 Å². The first-order valence-electron chi connectivity index (χ1n) is 1.29. The zero-order chi connectivity index (χ0) is 4.28. The van der Waals surface area contributed by atoms with E-state index in [4.69, 9.17) is 5.73 Å². The van der Waals surface area contributed by atoms with E-state index in [0.29, 0.717) is 6.54 Å². The molecule has 1 nitrogen and oxygen atoms in total. The summed E-state index contributed by atoms with van der Waals surface area (Å²) >= 11 is 7.00. The van der Waals surface area contributed by atoms with Gasteiger partial charge in [-0.2, -0.15) is 12.6 Å². The van der Waals surface area contributed by atoms with Crippen LogP contribution in [0, 0.1) is 0 Å². The van der Waals surface area contributed by atoms with Gasteiger partial charge in [-0.05, 0) is 0 Å². The van der Waals surface area contributed by atoms with E-state index in [1.807, 2.05) is 0 Å². The first-order chi connectivity index (χ1) is 2.27. The van der Waals surface area contributed by atoms with E-state index in [0.717, 1.165) is 0 Å². The molecule has 0 aromatic carbocycles. The highest BCUT2D eigenvalue weighted by atomic mass is 79.9. The molecule has 0 aliphatic carbocycles. The summed E-state index contributed by atoms with van der Waals surface area (Å²) in [6, 6.07) is 0. The van der Waals surface area contributed by atoms with Crippen LogP contribution in [0.3, 0.4) is 0 Å². The molecule has 0 saturated carbocycles. The fraction of sp³-hybridized carbons (Fsp3) is 1.00. The molecule has 3 heteroatoms. The van der Waals surface area contributed by atoms with E-state index < -0.39 is 0 Å². The van der Waals surface area contributed by atoms with Gasteiger partial charge in [-0.1, -0.05) is 15.9 Å². The molecular weight excluding hydrogens is 150 g/mol. The van der Waals surface area contributed by atoms with Gasteiger partial charge in [-0.15, -0.1) is 0 Å². The topological polar surface area (TPSA) is 26.0 Å². The summed E-state index contributed by atoms with van der Waals surface area (Å²) in [5.41, 5.74) is 5.05. The Kier molecular flexibility index (Phi) is 3.47. The molecule has 1 atom stereocenters. The monoisotopic (exact) mass is 155 g/mol. The standard InChI is InChI=1S/C2H6BrNS/c3-2(5)1-4/h2,5H,1,4H2. The van der Waals surface area contributed by atoms with Crippen LogP contribution >= 0.6 is 28.6 Å². The fourth-order valence-corrected chi connectivity index (χ4v) is 0. The van der Waals surface area contributed by atoms with E-state index in [1.54, 1.807) is 0 Å². The maximum absolute atomic E-state index is 5.05. The van der Waals surface area contributed by atoms with Crippen LogP contribution < -0.4 is 5.73 Å². The number of halogens is 1. The average Bonchev–Trinajstić information content (AvgIpc) is 1.38. The molecule has 2 N–H and O–H groups in total. The average molecular weight is 156 g/mol. The molecule has 0 saturated heterocycles. The van der Waals surface area contributed by atoms with Crippen molar-refractivity contribution in [1.29, 1.82) is 0 Å². The lowest BCUT2D eigenvalue weighted by atomic mass is 10.8. The Bertz CT molecular complexity index is 23.6. The number of hydrogen-bond donors (Lipinski definition) is 2. The van der Waals surface area contributed by atoms with Crippen molar-refractivity contribution >= 4 is 28.6 Å². The van der Waals surface area contributed by atoms with Gasteiger partial charge in [0.15, 0.2) is 0 Å². The maximum atomic E-state index is 5.05. The lowest BCUT2D eigenvalue weighted by Gasteiger charge is -1.87. The van der Waals surface area contributed by atoms with Gasteiger partial charge < -0.3 is 5.73 Å². The minimum Gasteiger partial charge on any atom is -0.329 e. The Morgan fingerprint density at radius 3 is 2.20 bits per heavy atom. The zero-order valence-electron chi connectivity index (χ0n) is 2.69. The van der Waals surface area contributed by atoms with Crippen molar-refractivity contribution in [2.24, 2.45) is 5.73 Å². The summed E-state index contributed by atoms with van der Waals surface area (Å²) in [5, 5.41) is 0. The Hall–Kier alpha value is 0.790. The fourth-order valence-electron chi connectivity index (χ4n) is 0. The Labute approximate surface area is 45.5 Å². The molecule has 0 spiro atoms. The molecule has 0 aromatic heterocycles. The van der Waals surface area contributed by atoms with Crippen molar-refractivity contribution in [3.05, 3.63) is 0 Å². The molecule has 0 aliphatic rings. The quantitative estimate of drug-likeness (QED) is 0.422. The van der Waals surface area contributed by atoms with Gasteiger partial charge in [-0.3, -0.25) is 0 Å². The van der Waals surface area contributed by atoms with Gasteiger partial charge in [0.2, 0.25) is 0 Å². The summed E-state index contributed by atoms with van der Waals surface area (Å²) in [5.74, 6) is 0. The molecule has 0 aliphatic heterocycles. The third-order valence-electron chi connectivity index (χ3n) is 0.194. The van der Waals surface area contributed by atoms with E-state index >= 15 is 0 Å². The van der Waals surface area contributed by atoms with E-state index in [2.05, 4.69) is 28.6 Å². The summed E-state index contributed by atoms with van der Waals surface area (Å²) in [7, 11) is 0. The van der Waals surface area contributed by atoms with Crippen LogP contribution in [0.25, 0.3) is 0 Å². The zero-order valence-corrected chi connectivity index (χ0v) is 5.17. The largest absolute Gasteiger partial charge is 0.329 e. The van der Waals surface area contributed by atoms with Crippen LogP contribution in [0.15, 0.2) is 0 Å². The van der Waals surface area contributed by atoms with Crippen molar-refractivity contribution < 1.29 is 0 Å². The predicted octanol–water partition coefficient (Wildman–Crippen LogP) is 0.596. The van der Waals surface area contributed by atoms with Crippen molar-refractivity contribution in [2.45, 2.75) is 4.16 Å². The normalized spacial score (nSPS) is 15.0. The van der Waals surface area contributed by atoms with Gasteiger partial charge >= 0.3 is 0 Å². The number of nitrogens with two attached hydrogens (primary N) is 1. The number of alkyl halides is 1. The van der Waals surface area contributed by atoms with Gasteiger partial charge in [-0.25, -0.2) is 0 Å². The minimum atomic E-state index is 0.169. The predicted molar refractivity (Wildman–Crippen MR) is 30.8 cm³/mol. The molecule has 0 aromatic rings. The van der Waals surface area contributed by atoms with E-state index in [9.17, 15) is 0 Å². The van der Waals surface area contributed by atoms with Crippen molar-refractivity contribution in [1.82, 2.24) is 0 Å². The molecule has 0 bridgehead atoms. The Balaban J connectivity index is 2.54. The number of rotatable bonds is 1. The molecule has 1 unspecified atom stereocenters. The molecule has 0 fully saturated rings. The van der Waals surface area contributed by atoms with Crippen molar-refractivity contribution in [2.75, 3.05) is 6.54 Å². The second-order valence-electron chi connectivity index (χ2n) is 0.670. The van der Waals surface area contributed by atoms with Gasteiger partial charge in [0.05, 0.1) is 4.16 Å². The third-order valence-corrected chi connectivity index (χ3v) is 0.779. The third kappa shape index (κ3) is 4.79. The van der Waals surface area contributed by atoms with Crippen LogP contribution in [0.1, 0.15) is 0 Å². The van der Waals surface area contributed by atoms with Crippen LogP contribution in [-0.4, -0.2) is 10.7 Å². The van der Waals surface area contributed by atoms with Gasteiger partial charge in [0.1, 0.15) is 0 Å². The van der Waals surface area contributed by atoms with Gasteiger partial charge in [0, 0.05) is 6.54 Å². The SMILES string of the molecule is NCC(S)Br. The molecule has 5 heavy (non-hydrogen) atoms.